The summed E-state index contributed by atoms with van der Waals surface area (Å²) in [7, 11) is 0. The molecule has 2 rings (SSSR count). The standard InChI is InChI=1S/C13H22N4O2/c1-12(2,3)11(18)19-9-17-7-10(15-16-17)13(4)5-6-14-8-13/h7,14H,5-6,8-9H2,1-4H3. The molecule has 1 aliphatic rings. The fourth-order valence-electron chi connectivity index (χ4n) is 2.01. The Bertz CT molecular complexity index is 455. The number of hydrogen-bond acceptors (Lipinski definition) is 5. The zero-order valence-corrected chi connectivity index (χ0v) is 12.1. The molecule has 0 bridgehead atoms. The summed E-state index contributed by atoms with van der Waals surface area (Å²) in [5.41, 5.74) is 0.487. The van der Waals surface area contributed by atoms with E-state index < -0.39 is 5.41 Å². The largest absolute Gasteiger partial charge is 0.442 e. The lowest BCUT2D eigenvalue weighted by molar-refractivity contribution is -0.157. The number of carbonyl (C=O) groups is 1. The lowest BCUT2D eigenvalue weighted by atomic mass is 9.87. The summed E-state index contributed by atoms with van der Waals surface area (Å²) in [4.78, 5) is 11.7. The van der Waals surface area contributed by atoms with Crippen LogP contribution in [0.4, 0.5) is 0 Å². The molecule has 0 saturated carbocycles. The molecule has 19 heavy (non-hydrogen) atoms. The number of rotatable bonds is 3. The van der Waals surface area contributed by atoms with Crippen molar-refractivity contribution in [1.29, 1.82) is 0 Å². The first-order valence-electron chi connectivity index (χ1n) is 6.60. The molecule has 1 atom stereocenters. The molecule has 1 saturated heterocycles. The van der Waals surface area contributed by atoms with Gasteiger partial charge in [0.05, 0.1) is 17.3 Å². The molecule has 6 heteroatoms. The summed E-state index contributed by atoms with van der Waals surface area (Å²) in [5.74, 6) is -0.238. The van der Waals surface area contributed by atoms with Gasteiger partial charge in [0.15, 0.2) is 6.73 Å². The summed E-state index contributed by atoms with van der Waals surface area (Å²) >= 11 is 0. The molecule has 0 amide bonds. The van der Waals surface area contributed by atoms with Crippen LogP contribution in [0, 0.1) is 5.41 Å². The predicted molar refractivity (Wildman–Crippen MR) is 70.4 cm³/mol. The van der Waals surface area contributed by atoms with Gasteiger partial charge in [-0.15, -0.1) is 5.10 Å². The molecule has 0 aliphatic carbocycles. The molecule has 1 aliphatic heterocycles. The van der Waals surface area contributed by atoms with Crippen molar-refractivity contribution in [1.82, 2.24) is 20.3 Å². The van der Waals surface area contributed by atoms with Gasteiger partial charge in [-0.3, -0.25) is 4.79 Å². The van der Waals surface area contributed by atoms with Gasteiger partial charge >= 0.3 is 5.97 Å². The van der Waals surface area contributed by atoms with E-state index in [2.05, 4.69) is 22.6 Å². The van der Waals surface area contributed by atoms with Crippen molar-refractivity contribution in [2.24, 2.45) is 5.41 Å². The Hall–Kier alpha value is -1.43. The Kier molecular flexibility index (Phi) is 3.62. The number of nitrogens with zero attached hydrogens (tertiary/aromatic N) is 3. The minimum absolute atomic E-state index is 0.0340. The predicted octanol–water partition coefficient (Wildman–Crippen LogP) is 1.08. The van der Waals surface area contributed by atoms with Gasteiger partial charge in [-0.2, -0.15) is 0 Å². The average Bonchev–Trinajstić information content (AvgIpc) is 2.94. The number of nitrogens with one attached hydrogen (secondary N) is 1. The summed E-state index contributed by atoms with van der Waals surface area (Å²) < 4.78 is 6.78. The smallest absolute Gasteiger partial charge is 0.313 e. The van der Waals surface area contributed by atoms with Gasteiger partial charge in [-0.05, 0) is 33.7 Å². The highest BCUT2D eigenvalue weighted by Gasteiger charge is 2.33. The third kappa shape index (κ3) is 3.12. The van der Waals surface area contributed by atoms with Gasteiger partial charge in [0, 0.05) is 12.0 Å². The first-order chi connectivity index (χ1) is 8.81. The summed E-state index contributed by atoms with van der Waals surface area (Å²) in [5, 5.41) is 11.5. The van der Waals surface area contributed by atoms with Crippen LogP contribution in [0.3, 0.4) is 0 Å². The van der Waals surface area contributed by atoms with Crippen LogP contribution in [-0.2, 0) is 21.7 Å². The summed E-state index contributed by atoms with van der Waals surface area (Å²) in [6.07, 6.45) is 2.91. The van der Waals surface area contributed by atoms with E-state index in [1.165, 1.54) is 0 Å². The van der Waals surface area contributed by atoms with E-state index in [4.69, 9.17) is 4.74 Å². The molecular weight excluding hydrogens is 244 g/mol. The minimum atomic E-state index is -0.495. The van der Waals surface area contributed by atoms with E-state index >= 15 is 0 Å². The zero-order valence-electron chi connectivity index (χ0n) is 12.1. The second-order valence-electron chi connectivity index (χ2n) is 6.44. The molecule has 0 aromatic carbocycles. The van der Waals surface area contributed by atoms with Gasteiger partial charge in [0.2, 0.25) is 0 Å². The normalized spacial score (nSPS) is 23.6. The van der Waals surface area contributed by atoms with Gasteiger partial charge in [-0.25, -0.2) is 4.68 Å². The highest BCUT2D eigenvalue weighted by Crippen LogP contribution is 2.27. The number of esters is 1. The van der Waals surface area contributed by atoms with Gasteiger partial charge < -0.3 is 10.1 Å². The monoisotopic (exact) mass is 266 g/mol. The van der Waals surface area contributed by atoms with Crippen molar-refractivity contribution >= 4 is 5.97 Å². The van der Waals surface area contributed by atoms with Crippen LogP contribution in [0.25, 0.3) is 0 Å². The highest BCUT2D eigenvalue weighted by atomic mass is 16.5. The lowest BCUT2D eigenvalue weighted by Gasteiger charge is -2.18. The van der Waals surface area contributed by atoms with Crippen LogP contribution < -0.4 is 5.32 Å². The van der Waals surface area contributed by atoms with Crippen molar-refractivity contribution in [2.45, 2.75) is 46.3 Å². The Labute approximate surface area is 113 Å². The fourth-order valence-corrected chi connectivity index (χ4v) is 2.01. The molecule has 1 N–H and O–H groups in total. The second-order valence-corrected chi connectivity index (χ2v) is 6.44. The Morgan fingerprint density at radius 3 is 2.89 bits per heavy atom. The number of carbonyl (C=O) groups excluding carboxylic acids is 1. The number of aromatic nitrogens is 3. The van der Waals surface area contributed by atoms with Crippen LogP contribution in [0.15, 0.2) is 6.20 Å². The van der Waals surface area contributed by atoms with E-state index in [0.717, 1.165) is 25.2 Å². The maximum absolute atomic E-state index is 11.7. The Morgan fingerprint density at radius 1 is 1.58 bits per heavy atom. The van der Waals surface area contributed by atoms with E-state index in [0.29, 0.717) is 0 Å². The molecule has 0 spiro atoms. The fraction of sp³-hybridized carbons (Fsp3) is 0.769. The van der Waals surface area contributed by atoms with Crippen molar-refractivity contribution < 1.29 is 9.53 Å². The summed E-state index contributed by atoms with van der Waals surface area (Å²) in [6, 6.07) is 0. The van der Waals surface area contributed by atoms with E-state index in [9.17, 15) is 4.79 Å². The van der Waals surface area contributed by atoms with E-state index in [1.807, 2.05) is 27.0 Å². The highest BCUT2D eigenvalue weighted by molar-refractivity contribution is 5.75. The van der Waals surface area contributed by atoms with Gasteiger partial charge in [0.1, 0.15) is 0 Å². The van der Waals surface area contributed by atoms with E-state index in [-0.39, 0.29) is 18.1 Å². The quantitative estimate of drug-likeness (QED) is 0.829. The first-order valence-corrected chi connectivity index (χ1v) is 6.60. The summed E-state index contributed by atoms with van der Waals surface area (Å²) in [6.45, 7) is 9.68. The third-order valence-electron chi connectivity index (χ3n) is 3.47. The van der Waals surface area contributed by atoms with Crippen molar-refractivity contribution in [3.8, 4) is 0 Å². The minimum Gasteiger partial charge on any atom is -0.442 e. The molecule has 6 nitrogen and oxygen atoms in total. The van der Waals surface area contributed by atoms with Crippen LogP contribution in [0.1, 0.15) is 39.8 Å². The molecular formula is C13H22N4O2. The number of hydrogen-bond donors (Lipinski definition) is 1. The molecule has 1 aromatic heterocycles. The molecule has 1 fully saturated rings. The van der Waals surface area contributed by atoms with Crippen molar-refractivity contribution in [3.05, 3.63) is 11.9 Å². The van der Waals surface area contributed by atoms with Crippen molar-refractivity contribution in [2.75, 3.05) is 13.1 Å². The van der Waals surface area contributed by atoms with Crippen LogP contribution in [0.5, 0.6) is 0 Å². The van der Waals surface area contributed by atoms with E-state index in [1.54, 1.807) is 4.68 Å². The van der Waals surface area contributed by atoms with Gasteiger partial charge in [0.25, 0.3) is 0 Å². The van der Waals surface area contributed by atoms with Crippen molar-refractivity contribution in [3.63, 3.8) is 0 Å². The average molecular weight is 266 g/mol. The Balaban J connectivity index is 1.96. The molecule has 2 heterocycles. The first kappa shape index (κ1) is 14.0. The zero-order chi connectivity index (χ0) is 14.1. The van der Waals surface area contributed by atoms with Crippen LogP contribution in [0.2, 0.25) is 0 Å². The molecule has 0 radical (unpaired) electrons. The number of ether oxygens (including phenoxy) is 1. The molecule has 1 unspecified atom stereocenters. The molecule has 106 valence electrons. The molecule has 1 aromatic rings. The maximum Gasteiger partial charge on any atom is 0.313 e. The lowest BCUT2D eigenvalue weighted by Crippen LogP contribution is -2.25. The maximum atomic E-state index is 11.7. The van der Waals surface area contributed by atoms with Gasteiger partial charge in [-0.1, -0.05) is 12.1 Å². The van der Waals surface area contributed by atoms with Crippen LogP contribution in [-0.4, -0.2) is 34.1 Å². The SMILES string of the molecule is CC(C)(C)C(=O)OCn1cc(C2(C)CCNC2)nn1. The Morgan fingerprint density at radius 2 is 2.32 bits per heavy atom. The second kappa shape index (κ2) is 4.92. The third-order valence-corrected chi connectivity index (χ3v) is 3.47. The topological polar surface area (TPSA) is 69.0 Å². The van der Waals surface area contributed by atoms with Crippen LogP contribution >= 0.6 is 0 Å².